The fourth-order valence-electron chi connectivity index (χ4n) is 1.75. The maximum absolute atomic E-state index is 6.06. The van der Waals surface area contributed by atoms with E-state index in [0.717, 1.165) is 16.3 Å². The predicted molar refractivity (Wildman–Crippen MR) is 77.9 cm³/mol. The lowest BCUT2D eigenvalue weighted by molar-refractivity contribution is 0.356. The van der Waals surface area contributed by atoms with Crippen LogP contribution in [0.2, 0.25) is 0 Å². The molecule has 0 aliphatic heterocycles. The van der Waals surface area contributed by atoms with Crippen molar-refractivity contribution in [3.63, 3.8) is 0 Å². The van der Waals surface area contributed by atoms with E-state index in [0.29, 0.717) is 11.5 Å². The maximum atomic E-state index is 6.06. The Morgan fingerprint density at radius 2 is 1.95 bits per heavy atom. The zero-order valence-electron chi connectivity index (χ0n) is 11.6. The van der Waals surface area contributed by atoms with Crippen LogP contribution in [0, 0.1) is 0 Å². The Balaban J connectivity index is 2.50. The summed E-state index contributed by atoms with van der Waals surface area (Å²) in [5.74, 6) is 1.39. The average Bonchev–Trinajstić information content (AvgIpc) is 2.86. The molecule has 1 aromatic carbocycles. The zero-order chi connectivity index (χ0) is 14.0. The molecular weight excluding hydrogens is 260 g/mol. The number of nitrogens with zero attached hydrogens (tertiary/aromatic N) is 1. The van der Waals surface area contributed by atoms with E-state index >= 15 is 0 Å². The lowest BCUT2D eigenvalue weighted by atomic mass is 10.0. The SMILES string of the molecule is COc1cccc(-c2nc(C(C)(C)N)cs2)c1OC. The van der Waals surface area contributed by atoms with Gasteiger partial charge in [0.1, 0.15) is 5.01 Å². The Bertz CT molecular complexity index is 573. The van der Waals surface area contributed by atoms with E-state index in [2.05, 4.69) is 4.98 Å². The minimum Gasteiger partial charge on any atom is -0.493 e. The first-order valence-corrected chi connectivity index (χ1v) is 6.81. The first kappa shape index (κ1) is 13.8. The third-order valence-electron chi connectivity index (χ3n) is 2.80. The van der Waals surface area contributed by atoms with E-state index in [4.69, 9.17) is 15.2 Å². The van der Waals surface area contributed by atoms with Crippen molar-refractivity contribution in [1.82, 2.24) is 4.98 Å². The van der Waals surface area contributed by atoms with E-state index in [1.54, 1.807) is 25.6 Å². The molecule has 0 bridgehead atoms. The fourth-order valence-corrected chi connectivity index (χ4v) is 2.77. The number of rotatable bonds is 4. The number of hydrogen-bond acceptors (Lipinski definition) is 5. The van der Waals surface area contributed by atoms with Gasteiger partial charge in [0, 0.05) is 5.38 Å². The average molecular weight is 278 g/mol. The highest BCUT2D eigenvalue weighted by Gasteiger charge is 2.20. The van der Waals surface area contributed by atoms with Gasteiger partial charge in [-0.15, -0.1) is 11.3 Å². The number of methoxy groups -OCH3 is 2. The molecule has 2 aromatic rings. The van der Waals surface area contributed by atoms with Crippen LogP contribution in [0.5, 0.6) is 11.5 Å². The minimum atomic E-state index is -0.444. The number of thiazole rings is 1. The Morgan fingerprint density at radius 1 is 1.21 bits per heavy atom. The van der Waals surface area contributed by atoms with Crippen LogP contribution >= 0.6 is 11.3 Å². The molecule has 1 aromatic heterocycles. The molecule has 0 unspecified atom stereocenters. The van der Waals surface area contributed by atoms with Crippen LogP contribution in [0.4, 0.5) is 0 Å². The molecule has 0 saturated heterocycles. The molecule has 19 heavy (non-hydrogen) atoms. The van der Waals surface area contributed by atoms with Gasteiger partial charge < -0.3 is 15.2 Å². The summed E-state index contributed by atoms with van der Waals surface area (Å²) in [7, 11) is 3.25. The van der Waals surface area contributed by atoms with Crippen LogP contribution < -0.4 is 15.2 Å². The predicted octanol–water partition coefficient (Wildman–Crippen LogP) is 3.02. The molecule has 2 rings (SSSR count). The smallest absolute Gasteiger partial charge is 0.170 e. The van der Waals surface area contributed by atoms with Crippen LogP contribution in [0.1, 0.15) is 19.5 Å². The van der Waals surface area contributed by atoms with Gasteiger partial charge in [-0.1, -0.05) is 6.07 Å². The molecule has 0 atom stereocenters. The summed E-state index contributed by atoms with van der Waals surface area (Å²) < 4.78 is 10.7. The number of aromatic nitrogens is 1. The molecule has 0 radical (unpaired) electrons. The molecular formula is C14H18N2O2S. The summed E-state index contributed by atoms with van der Waals surface area (Å²) in [6, 6.07) is 5.75. The lowest BCUT2D eigenvalue weighted by Crippen LogP contribution is -2.28. The zero-order valence-corrected chi connectivity index (χ0v) is 12.4. The highest BCUT2D eigenvalue weighted by atomic mass is 32.1. The van der Waals surface area contributed by atoms with Crippen LogP contribution in [-0.4, -0.2) is 19.2 Å². The quantitative estimate of drug-likeness (QED) is 0.934. The third kappa shape index (κ3) is 2.72. The summed E-state index contributed by atoms with van der Waals surface area (Å²) >= 11 is 1.55. The number of ether oxygens (including phenoxy) is 2. The molecule has 0 saturated carbocycles. The van der Waals surface area contributed by atoms with Gasteiger partial charge in [0.25, 0.3) is 0 Å². The second kappa shape index (κ2) is 5.19. The van der Waals surface area contributed by atoms with E-state index in [1.807, 2.05) is 37.4 Å². The maximum Gasteiger partial charge on any atom is 0.170 e. The molecule has 0 spiro atoms. The summed E-state index contributed by atoms with van der Waals surface area (Å²) in [4.78, 5) is 4.59. The summed E-state index contributed by atoms with van der Waals surface area (Å²) in [6.07, 6.45) is 0. The Hall–Kier alpha value is -1.59. The Morgan fingerprint density at radius 3 is 2.47 bits per heavy atom. The van der Waals surface area contributed by atoms with Gasteiger partial charge in [0.15, 0.2) is 11.5 Å². The van der Waals surface area contributed by atoms with Gasteiger partial charge in [-0.05, 0) is 26.0 Å². The molecule has 102 valence electrons. The lowest BCUT2D eigenvalue weighted by Gasteiger charge is -2.15. The van der Waals surface area contributed by atoms with E-state index in [9.17, 15) is 0 Å². The van der Waals surface area contributed by atoms with Crippen molar-refractivity contribution in [3.05, 3.63) is 29.3 Å². The molecule has 0 amide bonds. The first-order chi connectivity index (χ1) is 8.97. The van der Waals surface area contributed by atoms with Crippen molar-refractivity contribution in [2.45, 2.75) is 19.4 Å². The summed E-state index contributed by atoms with van der Waals surface area (Å²) in [6.45, 7) is 3.88. The topological polar surface area (TPSA) is 57.4 Å². The van der Waals surface area contributed by atoms with E-state index < -0.39 is 5.54 Å². The highest BCUT2D eigenvalue weighted by Crippen LogP contribution is 2.39. The largest absolute Gasteiger partial charge is 0.493 e. The van der Waals surface area contributed by atoms with Crippen molar-refractivity contribution in [2.75, 3.05) is 14.2 Å². The van der Waals surface area contributed by atoms with Crippen LogP contribution in [0.25, 0.3) is 10.6 Å². The molecule has 4 nitrogen and oxygen atoms in total. The summed E-state index contributed by atoms with van der Waals surface area (Å²) in [5.41, 5.74) is 7.41. The van der Waals surface area contributed by atoms with E-state index in [1.165, 1.54) is 0 Å². The van der Waals surface area contributed by atoms with E-state index in [-0.39, 0.29) is 0 Å². The van der Waals surface area contributed by atoms with Gasteiger partial charge >= 0.3 is 0 Å². The minimum absolute atomic E-state index is 0.444. The first-order valence-electron chi connectivity index (χ1n) is 5.93. The normalized spacial score (nSPS) is 11.4. The van der Waals surface area contributed by atoms with Crippen LogP contribution in [0.15, 0.2) is 23.6 Å². The molecule has 0 aliphatic carbocycles. The van der Waals surface area contributed by atoms with Crippen molar-refractivity contribution in [1.29, 1.82) is 0 Å². The van der Waals surface area contributed by atoms with Gasteiger partial charge in [0.05, 0.1) is 31.0 Å². The van der Waals surface area contributed by atoms with Crippen LogP contribution in [0.3, 0.4) is 0 Å². The van der Waals surface area contributed by atoms with Crippen molar-refractivity contribution in [2.24, 2.45) is 5.73 Å². The van der Waals surface area contributed by atoms with Crippen molar-refractivity contribution >= 4 is 11.3 Å². The Kier molecular flexibility index (Phi) is 3.78. The van der Waals surface area contributed by atoms with Crippen LogP contribution in [-0.2, 0) is 5.54 Å². The van der Waals surface area contributed by atoms with Gasteiger partial charge in [-0.2, -0.15) is 0 Å². The molecule has 1 heterocycles. The second-order valence-corrected chi connectivity index (χ2v) is 5.66. The standard InChI is InChI=1S/C14H18N2O2S/c1-14(2,15)11-8-19-13(16-11)9-6-5-7-10(17-3)12(9)18-4/h5-8H,15H2,1-4H3. The molecule has 0 aliphatic rings. The molecule has 0 fully saturated rings. The number of nitrogens with two attached hydrogens (primary N) is 1. The fraction of sp³-hybridized carbons (Fsp3) is 0.357. The summed E-state index contributed by atoms with van der Waals surface area (Å²) in [5, 5.41) is 2.86. The monoisotopic (exact) mass is 278 g/mol. The highest BCUT2D eigenvalue weighted by molar-refractivity contribution is 7.13. The van der Waals surface area contributed by atoms with Crippen molar-refractivity contribution in [3.8, 4) is 22.1 Å². The number of hydrogen-bond donors (Lipinski definition) is 1. The van der Waals surface area contributed by atoms with Gasteiger partial charge in [-0.3, -0.25) is 0 Å². The second-order valence-electron chi connectivity index (χ2n) is 4.80. The third-order valence-corrected chi connectivity index (χ3v) is 3.67. The van der Waals surface area contributed by atoms with Crippen molar-refractivity contribution < 1.29 is 9.47 Å². The van der Waals surface area contributed by atoms with Gasteiger partial charge in [0.2, 0.25) is 0 Å². The number of para-hydroxylation sites is 1. The van der Waals surface area contributed by atoms with Gasteiger partial charge in [-0.25, -0.2) is 4.98 Å². The molecule has 2 N–H and O–H groups in total. The Labute approximate surface area is 117 Å². The number of benzene rings is 1. The molecule has 5 heteroatoms.